The lowest BCUT2D eigenvalue weighted by Crippen LogP contribution is -2.38. The molecule has 2 aromatic carbocycles. The molecule has 0 amide bonds. The fourth-order valence-electron chi connectivity index (χ4n) is 1.98. The summed E-state index contributed by atoms with van der Waals surface area (Å²) in [5.74, 6) is 0.562. The van der Waals surface area contributed by atoms with Crippen LogP contribution in [0.25, 0.3) is 0 Å². The Balaban J connectivity index is 1.92. The molecule has 0 aliphatic carbocycles. The van der Waals surface area contributed by atoms with Gasteiger partial charge in [-0.15, -0.1) is 11.6 Å². The molecule has 2 aromatic rings. The van der Waals surface area contributed by atoms with Crippen LogP contribution >= 0.6 is 11.6 Å². The second kappa shape index (κ2) is 8.34. The Hall–Kier alpha value is -1.13. The topological polar surface area (TPSA) is 18.5 Å². The van der Waals surface area contributed by atoms with Crippen molar-refractivity contribution in [2.24, 2.45) is 0 Å². The van der Waals surface area contributed by atoms with Gasteiger partial charge in [0.1, 0.15) is 0 Å². The van der Waals surface area contributed by atoms with Crippen LogP contribution in [0.15, 0.2) is 60.7 Å². The zero-order valence-corrected chi connectivity index (χ0v) is 14.1. The van der Waals surface area contributed by atoms with Crippen molar-refractivity contribution < 1.29 is 8.85 Å². The summed E-state index contributed by atoms with van der Waals surface area (Å²) >= 11 is 5.92. The molecule has 0 aromatic heterocycles. The van der Waals surface area contributed by atoms with Gasteiger partial charge in [0.05, 0.1) is 13.2 Å². The third kappa shape index (κ3) is 5.63. The molecule has 0 aliphatic heterocycles. The summed E-state index contributed by atoms with van der Waals surface area (Å²) in [4.78, 5) is 0. The van der Waals surface area contributed by atoms with Crippen molar-refractivity contribution in [2.45, 2.75) is 25.8 Å². The van der Waals surface area contributed by atoms with Gasteiger partial charge in [0, 0.05) is 11.9 Å². The summed E-state index contributed by atoms with van der Waals surface area (Å²) in [6, 6.07) is 21.1. The minimum Gasteiger partial charge on any atom is -0.390 e. The lowest BCUT2D eigenvalue weighted by atomic mass is 10.2. The Kier molecular flexibility index (Phi) is 6.45. The van der Waals surface area contributed by atoms with Gasteiger partial charge in [-0.3, -0.25) is 0 Å². The molecule has 0 heterocycles. The second-order valence-corrected chi connectivity index (χ2v) is 8.84. The first-order valence-corrected chi connectivity index (χ1v) is 10.2. The van der Waals surface area contributed by atoms with E-state index in [9.17, 15) is 0 Å². The smallest absolute Gasteiger partial charge is 0.336 e. The predicted molar refractivity (Wildman–Crippen MR) is 89.6 cm³/mol. The van der Waals surface area contributed by atoms with Gasteiger partial charge in [-0.2, -0.15) is 0 Å². The average Bonchev–Trinajstić information content (AvgIpc) is 2.54. The van der Waals surface area contributed by atoms with Crippen LogP contribution in [0, 0.1) is 0 Å². The summed E-state index contributed by atoms with van der Waals surface area (Å²) in [6.07, 6.45) is 0. The van der Waals surface area contributed by atoms with E-state index in [2.05, 4.69) is 30.8 Å². The van der Waals surface area contributed by atoms with Crippen LogP contribution in [0.5, 0.6) is 0 Å². The van der Waals surface area contributed by atoms with Gasteiger partial charge in [-0.25, -0.2) is 0 Å². The van der Waals surface area contributed by atoms with Crippen molar-refractivity contribution in [1.82, 2.24) is 0 Å². The Bertz CT molecular complexity index is 475. The monoisotopic (exact) mass is 320 g/mol. The molecule has 0 spiro atoms. The van der Waals surface area contributed by atoms with Crippen LogP contribution in [0.4, 0.5) is 0 Å². The standard InChI is InChI=1S/C17H21ClO2Si/c1-21(13-12-18,19-14-16-8-4-2-5-9-16)20-15-17-10-6-3-7-11-17/h2-11H,12-15H2,1H3. The van der Waals surface area contributed by atoms with Crippen LogP contribution in [0.3, 0.4) is 0 Å². The summed E-state index contributed by atoms with van der Waals surface area (Å²) in [5, 5.41) is 0. The highest BCUT2D eigenvalue weighted by Crippen LogP contribution is 2.19. The molecule has 0 aliphatic rings. The third-order valence-corrected chi connectivity index (χ3v) is 6.50. The van der Waals surface area contributed by atoms with E-state index in [1.54, 1.807) is 0 Å². The molecule has 0 fully saturated rings. The minimum absolute atomic E-state index is 0.562. The van der Waals surface area contributed by atoms with Crippen LogP contribution in [-0.4, -0.2) is 14.4 Å². The van der Waals surface area contributed by atoms with E-state index in [1.807, 2.05) is 36.4 Å². The maximum Gasteiger partial charge on any atom is 0.336 e. The summed E-state index contributed by atoms with van der Waals surface area (Å²) in [7, 11) is -2.25. The minimum atomic E-state index is -2.25. The molecule has 0 saturated carbocycles. The summed E-state index contributed by atoms with van der Waals surface area (Å²) in [6.45, 7) is 3.24. The highest BCUT2D eigenvalue weighted by molar-refractivity contribution is 6.66. The van der Waals surface area contributed by atoms with Crippen LogP contribution < -0.4 is 0 Å². The molecule has 0 atom stereocenters. The Morgan fingerprint density at radius 1 is 0.810 bits per heavy atom. The lowest BCUT2D eigenvalue weighted by Gasteiger charge is -2.26. The zero-order valence-electron chi connectivity index (χ0n) is 12.3. The van der Waals surface area contributed by atoms with Gasteiger partial charge in [-0.1, -0.05) is 60.7 Å². The fraction of sp³-hybridized carbons (Fsp3) is 0.294. The molecule has 0 radical (unpaired) electrons. The largest absolute Gasteiger partial charge is 0.390 e. The van der Waals surface area contributed by atoms with Gasteiger partial charge >= 0.3 is 8.56 Å². The molecule has 2 nitrogen and oxygen atoms in total. The highest BCUT2D eigenvalue weighted by atomic mass is 35.5. The van der Waals surface area contributed by atoms with Crippen molar-refractivity contribution in [2.75, 3.05) is 5.88 Å². The van der Waals surface area contributed by atoms with E-state index in [1.165, 1.54) is 0 Å². The van der Waals surface area contributed by atoms with E-state index >= 15 is 0 Å². The number of halogens is 1. The molecular formula is C17H21ClO2Si. The van der Waals surface area contributed by atoms with E-state index in [0.29, 0.717) is 19.1 Å². The normalized spacial score (nSPS) is 11.5. The molecule has 0 saturated heterocycles. The molecule has 21 heavy (non-hydrogen) atoms. The SMILES string of the molecule is C[Si](CCCl)(OCc1ccccc1)OCc1ccccc1. The molecule has 0 unspecified atom stereocenters. The van der Waals surface area contributed by atoms with Crippen LogP contribution in [0.2, 0.25) is 12.6 Å². The number of rotatable bonds is 8. The van der Waals surface area contributed by atoms with Gasteiger partial charge in [0.2, 0.25) is 0 Å². The highest BCUT2D eigenvalue weighted by Gasteiger charge is 2.31. The van der Waals surface area contributed by atoms with Gasteiger partial charge in [0.15, 0.2) is 0 Å². The van der Waals surface area contributed by atoms with Gasteiger partial charge in [0.25, 0.3) is 0 Å². The summed E-state index contributed by atoms with van der Waals surface area (Å²) < 4.78 is 12.2. The number of benzene rings is 2. The molecular weight excluding hydrogens is 300 g/mol. The van der Waals surface area contributed by atoms with E-state index < -0.39 is 8.56 Å². The fourth-order valence-corrected chi connectivity index (χ4v) is 4.67. The maximum atomic E-state index is 6.11. The van der Waals surface area contributed by atoms with Crippen molar-refractivity contribution >= 4 is 20.2 Å². The molecule has 4 heteroatoms. The summed E-state index contributed by atoms with van der Waals surface area (Å²) in [5.41, 5.74) is 2.32. The molecule has 0 N–H and O–H groups in total. The first-order chi connectivity index (χ1) is 10.2. The third-order valence-electron chi connectivity index (χ3n) is 3.32. The van der Waals surface area contributed by atoms with Crippen molar-refractivity contribution in [3.05, 3.63) is 71.8 Å². The Morgan fingerprint density at radius 2 is 1.24 bits per heavy atom. The van der Waals surface area contributed by atoms with Crippen LogP contribution in [0.1, 0.15) is 11.1 Å². The van der Waals surface area contributed by atoms with E-state index in [-0.39, 0.29) is 0 Å². The van der Waals surface area contributed by atoms with Crippen LogP contribution in [-0.2, 0) is 22.1 Å². The molecule has 2 rings (SSSR count). The van der Waals surface area contributed by atoms with E-state index in [0.717, 1.165) is 17.2 Å². The average molecular weight is 321 g/mol. The zero-order chi connectivity index (χ0) is 15.0. The molecule has 0 bridgehead atoms. The number of alkyl halides is 1. The molecule has 112 valence electrons. The van der Waals surface area contributed by atoms with Crippen molar-refractivity contribution in [1.29, 1.82) is 0 Å². The van der Waals surface area contributed by atoms with Crippen molar-refractivity contribution in [3.8, 4) is 0 Å². The Morgan fingerprint density at radius 3 is 1.62 bits per heavy atom. The predicted octanol–water partition coefficient (Wildman–Crippen LogP) is 4.73. The van der Waals surface area contributed by atoms with E-state index in [4.69, 9.17) is 20.5 Å². The van der Waals surface area contributed by atoms with Gasteiger partial charge < -0.3 is 8.85 Å². The first-order valence-electron chi connectivity index (χ1n) is 7.13. The first kappa shape index (κ1) is 16.2. The van der Waals surface area contributed by atoms with Crippen molar-refractivity contribution in [3.63, 3.8) is 0 Å². The number of hydrogen-bond donors (Lipinski definition) is 0. The number of hydrogen-bond acceptors (Lipinski definition) is 2. The maximum absolute atomic E-state index is 6.11. The lowest BCUT2D eigenvalue weighted by molar-refractivity contribution is 0.159. The second-order valence-electron chi connectivity index (χ2n) is 5.12. The Labute approximate surface area is 132 Å². The van der Waals surface area contributed by atoms with Gasteiger partial charge in [-0.05, 0) is 17.7 Å². The quantitative estimate of drug-likeness (QED) is 0.517.